The van der Waals surface area contributed by atoms with E-state index in [1.54, 1.807) is 13.8 Å². The van der Waals surface area contributed by atoms with Gasteiger partial charge in [0, 0.05) is 31.1 Å². The summed E-state index contributed by atoms with van der Waals surface area (Å²) in [6, 6.07) is -1.29. The third kappa shape index (κ3) is 5.82. The van der Waals surface area contributed by atoms with Gasteiger partial charge in [0.15, 0.2) is 11.9 Å². The average Bonchev–Trinajstić information content (AvgIpc) is 2.97. The SMILES string of the molecule is C=CCOC(=O)N[C@@H](C=C(C)C)[C@@H](O)C(=O)O[C@H]1C[C@@]2(O)[C@@H](OC(C)=O)[C@@H]3[C@]4(O)CO[C@@H]4C[C@H](O)[C@@]3(C)C(=O)[C@H](O)C(=C1C)C2(C)C. The lowest BCUT2D eigenvalue weighted by Gasteiger charge is -2.66. The average molecular weight is 666 g/mol. The molecule has 47 heavy (non-hydrogen) atoms. The number of rotatable bonds is 8. The monoisotopic (exact) mass is 665 g/mol. The highest BCUT2D eigenvalue weighted by Crippen LogP contribution is 2.63. The number of hydrogen-bond acceptors (Lipinski definition) is 13. The molecule has 4 aliphatic rings. The van der Waals surface area contributed by atoms with E-state index in [-0.39, 0.29) is 30.8 Å². The molecule has 262 valence electrons. The molecule has 3 aliphatic carbocycles. The van der Waals surface area contributed by atoms with E-state index >= 15 is 0 Å². The summed E-state index contributed by atoms with van der Waals surface area (Å²) in [7, 11) is 0. The molecule has 0 radical (unpaired) electrons. The predicted octanol–water partition coefficient (Wildman–Crippen LogP) is 0.376. The van der Waals surface area contributed by atoms with Crippen molar-refractivity contribution in [2.24, 2.45) is 16.7 Å². The second-order valence-electron chi connectivity index (χ2n) is 14.1. The number of fused-ring (bicyclic) bond motifs is 5. The summed E-state index contributed by atoms with van der Waals surface area (Å²) in [6.07, 6.45) is -8.15. The van der Waals surface area contributed by atoms with Gasteiger partial charge in [-0.15, -0.1) is 0 Å². The molecular formula is C33H47NO13. The predicted molar refractivity (Wildman–Crippen MR) is 163 cm³/mol. The third-order valence-electron chi connectivity index (χ3n) is 10.6. The van der Waals surface area contributed by atoms with Crippen molar-refractivity contribution in [3.63, 3.8) is 0 Å². The standard InChI is InChI=1S/C33H47NO13/c1-9-10-44-29(41)34-18(11-15(2)3)23(37)28(40)47-19-13-33(43)27(46-17(5)35)25-31(8,20(36)12-21-32(25,42)14-45-21)26(39)24(38)22(16(19)4)30(33,6)7/h9,11,18-21,23-25,27,36-38,42-43H,1,10,12-14H2,2-8H3,(H,34,41)/t18-,19-,20-,21+,23+,24+,25-,27-,31+,32-,33+/m0/s1. The molecule has 0 aromatic heterocycles. The summed E-state index contributed by atoms with van der Waals surface area (Å²) >= 11 is 0. The van der Waals surface area contributed by atoms with Crippen LogP contribution < -0.4 is 5.32 Å². The van der Waals surface area contributed by atoms with Crippen LogP contribution in [-0.4, -0.2) is 116 Å². The largest absolute Gasteiger partial charge is 0.459 e. The molecule has 1 aliphatic heterocycles. The van der Waals surface area contributed by atoms with Gasteiger partial charge in [-0.1, -0.05) is 38.2 Å². The highest BCUT2D eigenvalue weighted by Gasteiger charge is 2.76. The van der Waals surface area contributed by atoms with Crippen LogP contribution in [0, 0.1) is 16.7 Å². The summed E-state index contributed by atoms with van der Waals surface area (Å²) in [5.41, 5.74) is -6.71. The van der Waals surface area contributed by atoms with Crippen molar-refractivity contribution >= 4 is 23.8 Å². The molecule has 1 saturated heterocycles. The van der Waals surface area contributed by atoms with Gasteiger partial charge in [0.1, 0.15) is 36.1 Å². The van der Waals surface area contributed by atoms with E-state index in [1.807, 2.05) is 0 Å². The number of ether oxygens (including phenoxy) is 4. The molecule has 11 atom stereocenters. The van der Waals surface area contributed by atoms with Crippen molar-refractivity contribution in [2.75, 3.05) is 13.2 Å². The Balaban J connectivity index is 1.82. The van der Waals surface area contributed by atoms with Crippen LogP contribution in [-0.2, 0) is 33.3 Å². The van der Waals surface area contributed by atoms with E-state index in [2.05, 4.69) is 11.9 Å². The fraction of sp³-hybridized carbons (Fsp3) is 0.697. The number of aliphatic hydroxyl groups excluding tert-OH is 3. The lowest BCUT2D eigenvalue weighted by molar-refractivity contribution is -0.345. The molecule has 1 heterocycles. The molecule has 14 nitrogen and oxygen atoms in total. The second-order valence-corrected chi connectivity index (χ2v) is 14.1. The van der Waals surface area contributed by atoms with Crippen LogP contribution in [0.5, 0.6) is 0 Å². The Morgan fingerprint density at radius 3 is 2.30 bits per heavy atom. The minimum absolute atomic E-state index is 0.0292. The van der Waals surface area contributed by atoms with Crippen LogP contribution in [0.2, 0.25) is 0 Å². The maximum Gasteiger partial charge on any atom is 0.408 e. The molecule has 2 bridgehead atoms. The Morgan fingerprint density at radius 2 is 1.77 bits per heavy atom. The number of aliphatic hydroxyl groups is 5. The quantitative estimate of drug-likeness (QED) is 0.118. The summed E-state index contributed by atoms with van der Waals surface area (Å²) in [5.74, 6) is -4.41. The molecule has 1 amide bonds. The van der Waals surface area contributed by atoms with Crippen LogP contribution in [0.4, 0.5) is 4.79 Å². The summed E-state index contributed by atoms with van der Waals surface area (Å²) in [6.45, 7) is 13.4. The van der Waals surface area contributed by atoms with E-state index in [0.29, 0.717) is 5.57 Å². The van der Waals surface area contributed by atoms with Gasteiger partial charge in [-0.3, -0.25) is 9.59 Å². The molecule has 6 N–H and O–H groups in total. The Bertz CT molecular complexity index is 1380. The van der Waals surface area contributed by atoms with Crippen LogP contribution in [0.3, 0.4) is 0 Å². The Kier molecular flexibility index (Phi) is 9.92. The first-order chi connectivity index (χ1) is 21.7. The van der Waals surface area contributed by atoms with E-state index in [1.165, 1.54) is 39.8 Å². The molecule has 0 aromatic rings. The number of ketones is 1. The van der Waals surface area contributed by atoms with Crippen molar-refractivity contribution in [1.82, 2.24) is 5.32 Å². The van der Waals surface area contributed by atoms with Gasteiger partial charge >= 0.3 is 18.0 Å². The molecule has 2 saturated carbocycles. The van der Waals surface area contributed by atoms with Crippen LogP contribution in [0.15, 0.2) is 35.5 Å². The van der Waals surface area contributed by atoms with Gasteiger partial charge in [-0.2, -0.15) is 0 Å². The summed E-state index contributed by atoms with van der Waals surface area (Å²) < 4.78 is 22.0. The first-order valence-electron chi connectivity index (χ1n) is 15.6. The minimum atomic E-state index is -2.23. The molecular weight excluding hydrogens is 618 g/mol. The fourth-order valence-electron chi connectivity index (χ4n) is 8.04. The number of carbonyl (C=O) groups excluding carboxylic acids is 4. The number of allylic oxidation sites excluding steroid dienone is 1. The number of hydrogen-bond donors (Lipinski definition) is 6. The number of amides is 1. The zero-order valence-corrected chi connectivity index (χ0v) is 27.8. The number of Topliss-reactive ketones (excluding diaryl/α,β-unsaturated/α-hetero) is 1. The van der Waals surface area contributed by atoms with Crippen molar-refractivity contribution in [2.45, 2.75) is 115 Å². The Morgan fingerprint density at radius 1 is 1.13 bits per heavy atom. The lowest BCUT2D eigenvalue weighted by atomic mass is 9.45. The summed E-state index contributed by atoms with van der Waals surface area (Å²) in [4.78, 5) is 52.7. The smallest absolute Gasteiger partial charge is 0.408 e. The molecule has 4 rings (SSSR count). The van der Waals surface area contributed by atoms with Crippen LogP contribution in [0.25, 0.3) is 0 Å². The highest BCUT2D eigenvalue weighted by atomic mass is 16.6. The number of alkyl carbamates (subject to hydrolysis) is 1. The van der Waals surface area contributed by atoms with Crippen molar-refractivity contribution in [3.05, 3.63) is 35.5 Å². The normalized spacial score (nSPS) is 38.5. The van der Waals surface area contributed by atoms with E-state index in [4.69, 9.17) is 18.9 Å². The van der Waals surface area contributed by atoms with E-state index < -0.39 is 101 Å². The van der Waals surface area contributed by atoms with Gasteiger partial charge in [-0.25, -0.2) is 9.59 Å². The first kappa shape index (κ1) is 36.7. The van der Waals surface area contributed by atoms with Gasteiger partial charge in [0.25, 0.3) is 0 Å². The maximum atomic E-state index is 14.3. The number of carbonyl (C=O) groups is 4. The van der Waals surface area contributed by atoms with E-state index in [9.17, 15) is 44.7 Å². The van der Waals surface area contributed by atoms with Gasteiger partial charge in [0.2, 0.25) is 0 Å². The lowest BCUT2D eigenvalue weighted by Crippen LogP contribution is -2.81. The Labute approximate surface area is 273 Å². The molecule has 14 heteroatoms. The maximum absolute atomic E-state index is 14.3. The molecule has 0 spiro atoms. The van der Waals surface area contributed by atoms with Gasteiger partial charge < -0.3 is 49.8 Å². The number of esters is 2. The van der Waals surface area contributed by atoms with Gasteiger partial charge in [-0.05, 0) is 38.8 Å². The topological polar surface area (TPSA) is 218 Å². The van der Waals surface area contributed by atoms with Crippen molar-refractivity contribution < 1.29 is 63.7 Å². The van der Waals surface area contributed by atoms with Crippen molar-refractivity contribution in [1.29, 1.82) is 0 Å². The van der Waals surface area contributed by atoms with E-state index in [0.717, 1.165) is 6.92 Å². The Hall–Kier alpha value is -3.14. The minimum Gasteiger partial charge on any atom is -0.459 e. The zero-order valence-electron chi connectivity index (χ0n) is 27.8. The second kappa shape index (κ2) is 12.7. The zero-order chi connectivity index (χ0) is 35.4. The number of nitrogens with one attached hydrogen (secondary N) is 1. The molecule has 0 unspecified atom stereocenters. The molecule has 3 fully saturated rings. The third-order valence-corrected chi connectivity index (χ3v) is 10.6. The van der Waals surface area contributed by atoms with Gasteiger partial charge in [0.05, 0.1) is 30.3 Å². The van der Waals surface area contributed by atoms with Crippen LogP contribution >= 0.6 is 0 Å². The summed E-state index contributed by atoms with van der Waals surface area (Å²) in [5, 5.41) is 61.3. The fourth-order valence-corrected chi connectivity index (χ4v) is 8.04. The van der Waals surface area contributed by atoms with Crippen molar-refractivity contribution in [3.8, 4) is 0 Å². The first-order valence-corrected chi connectivity index (χ1v) is 15.6. The highest BCUT2D eigenvalue weighted by molar-refractivity contribution is 5.93. The molecule has 0 aromatic carbocycles. The van der Waals surface area contributed by atoms with Crippen LogP contribution in [0.1, 0.15) is 61.3 Å².